The molecule has 3 heteroatoms. The van der Waals surface area contributed by atoms with Gasteiger partial charge in [0.05, 0.1) is 0 Å². The SMILES string of the molecule is CC(C)C(CN)c1cncnc1. The second kappa shape index (κ2) is 4.16. The van der Waals surface area contributed by atoms with Gasteiger partial charge in [-0.05, 0) is 18.0 Å². The van der Waals surface area contributed by atoms with Crippen molar-refractivity contribution in [3.8, 4) is 0 Å². The monoisotopic (exact) mass is 165 g/mol. The first-order valence-corrected chi connectivity index (χ1v) is 4.20. The maximum Gasteiger partial charge on any atom is 0.115 e. The third-order valence-electron chi connectivity index (χ3n) is 2.07. The summed E-state index contributed by atoms with van der Waals surface area (Å²) in [6.07, 6.45) is 5.21. The van der Waals surface area contributed by atoms with Gasteiger partial charge in [-0.1, -0.05) is 13.8 Å². The summed E-state index contributed by atoms with van der Waals surface area (Å²) in [5.74, 6) is 0.923. The Hall–Kier alpha value is -0.960. The Morgan fingerprint density at radius 3 is 2.33 bits per heavy atom. The van der Waals surface area contributed by atoms with Crippen LogP contribution in [0.15, 0.2) is 18.7 Å². The fourth-order valence-electron chi connectivity index (χ4n) is 1.30. The number of hydrogen-bond donors (Lipinski definition) is 1. The molecule has 0 fully saturated rings. The fraction of sp³-hybridized carbons (Fsp3) is 0.556. The van der Waals surface area contributed by atoms with Crippen LogP contribution in [0.4, 0.5) is 0 Å². The predicted octanol–water partition coefficient (Wildman–Crippen LogP) is 1.17. The molecule has 0 aliphatic carbocycles. The first-order chi connectivity index (χ1) is 5.75. The third-order valence-corrected chi connectivity index (χ3v) is 2.07. The van der Waals surface area contributed by atoms with E-state index in [0.29, 0.717) is 18.4 Å². The lowest BCUT2D eigenvalue weighted by Gasteiger charge is -2.17. The molecule has 0 bridgehead atoms. The molecular weight excluding hydrogens is 150 g/mol. The molecule has 2 N–H and O–H groups in total. The van der Waals surface area contributed by atoms with E-state index < -0.39 is 0 Å². The van der Waals surface area contributed by atoms with E-state index in [-0.39, 0.29) is 0 Å². The predicted molar refractivity (Wildman–Crippen MR) is 48.7 cm³/mol. The van der Waals surface area contributed by atoms with Crippen molar-refractivity contribution in [3.05, 3.63) is 24.3 Å². The molecule has 1 unspecified atom stereocenters. The molecule has 66 valence electrons. The standard InChI is InChI=1S/C9H15N3/c1-7(2)9(3-10)8-4-11-6-12-5-8/h4-7,9H,3,10H2,1-2H3. The van der Waals surface area contributed by atoms with Crippen LogP contribution in [-0.4, -0.2) is 16.5 Å². The van der Waals surface area contributed by atoms with Crippen molar-refractivity contribution < 1.29 is 0 Å². The van der Waals surface area contributed by atoms with Crippen LogP contribution >= 0.6 is 0 Å². The van der Waals surface area contributed by atoms with Crippen molar-refractivity contribution in [2.45, 2.75) is 19.8 Å². The van der Waals surface area contributed by atoms with Gasteiger partial charge in [0.15, 0.2) is 0 Å². The molecule has 3 nitrogen and oxygen atoms in total. The molecular formula is C9H15N3. The summed E-state index contributed by atoms with van der Waals surface area (Å²) in [6.45, 7) is 4.97. The quantitative estimate of drug-likeness (QED) is 0.731. The normalized spacial score (nSPS) is 13.3. The molecule has 0 spiro atoms. The van der Waals surface area contributed by atoms with E-state index in [1.807, 2.05) is 12.4 Å². The Balaban J connectivity index is 2.80. The third kappa shape index (κ3) is 2.01. The summed E-state index contributed by atoms with van der Waals surface area (Å²) < 4.78 is 0. The summed E-state index contributed by atoms with van der Waals surface area (Å²) in [7, 11) is 0. The van der Waals surface area contributed by atoms with Gasteiger partial charge in [-0.25, -0.2) is 9.97 Å². The highest BCUT2D eigenvalue weighted by Gasteiger charge is 2.13. The molecule has 0 aliphatic rings. The number of aromatic nitrogens is 2. The minimum atomic E-state index is 0.381. The van der Waals surface area contributed by atoms with Gasteiger partial charge in [-0.2, -0.15) is 0 Å². The van der Waals surface area contributed by atoms with E-state index in [1.165, 1.54) is 6.33 Å². The highest BCUT2D eigenvalue weighted by molar-refractivity contribution is 5.11. The average Bonchev–Trinajstić information content (AvgIpc) is 2.07. The highest BCUT2D eigenvalue weighted by Crippen LogP contribution is 2.20. The minimum Gasteiger partial charge on any atom is -0.330 e. The zero-order valence-corrected chi connectivity index (χ0v) is 7.57. The van der Waals surface area contributed by atoms with Crippen molar-refractivity contribution in [1.82, 2.24) is 9.97 Å². The Morgan fingerprint density at radius 2 is 1.92 bits per heavy atom. The smallest absolute Gasteiger partial charge is 0.115 e. The molecule has 1 atom stereocenters. The highest BCUT2D eigenvalue weighted by atomic mass is 14.8. The van der Waals surface area contributed by atoms with Crippen LogP contribution in [0.5, 0.6) is 0 Å². The number of rotatable bonds is 3. The van der Waals surface area contributed by atoms with Crippen LogP contribution in [0.3, 0.4) is 0 Å². The van der Waals surface area contributed by atoms with Gasteiger partial charge in [0.1, 0.15) is 6.33 Å². The molecule has 1 aromatic rings. The number of nitrogens with zero attached hydrogens (tertiary/aromatic N) is 2. The minimum absolute atomic E-state index is 0.381. The van der Waals surface area contributed by atoms with Crippen molar-refractivity contribution in [2.75, 3.05) is 6.54 Å². The van der Waals surface area contributed by atoms with E-state index in [2.05, 4.69) is 23.8 Å². The second-order valence-corrected chi connectivity index (χ2v) is 3.26. The molecule has 0 saturated heterocycles. The topological polar surface area (TPSA) is 51.8 Å². The first-order valence-electron chi connectivity index (χ1n) is 4.20. The van der Waals surface area contributed by atoms with E-state index >= 15 is 0 Å². The molecule has 1 rings (SSSR count). The van der Waals surface area contributed by atoms with Crippen LogP contribution in [0, 0.1) is 5.92 Å². The number of hydrogen-bond acceptors (Lipinski definition) is 3. The van der Waals surface area contributed by atoms with E-state index in [4.69, 9.17) is 5.73 Å². The van der Waals surface area contributed by atoms with Crippen molar-refractivity contribution in [3.63, 3.8) is 0 Å². The molecule has 0 radical (unpaired) electrons. The zero-order valence-electron chi connectivity index (χ0n) is 7.57. The fourth-order valence-corrected chi connectivity index (χ4v) is 1.30. The van der Waals surface area contributed by atoms with Gasteiger partial charge in [0, 0.05) is 18.3 Å². The summed E-state index contributed by atoms with van der Waals surface area (Å²) >= 11 is 0. The lowest BCUT2D eigenvalue weighted by Crippen LogP contribution is -2.18. The van der Waals surface area contributed by atoms with Crippen LogP contribution in [0.2, 0.25) is 0 Å². The summed E-state index contributed by atoms with van der Waals surface area (Å²) in [4.78, 5) is 7.94. The Bertz CT molecular complexity index is 220. The molecule has 1 aromatic heterocycles. The summed E-state index contributed by atoms with van der Waals surface area (Å²) in [6, 6.07) is 0. The molecule has 0 amide bonds. The van der Waals surface area contributed by atoms with E-state index in [1.54, 1.807) is 0 Å². The van der Waals surface area contributed by atoms with Gasteiger partial charge < -0.3 is 5.73 Å². The molecule has 0 aromatic carbocycles. The van der Waals surface area contributed by atoms with Gasteiger partial charge in [0.25, 0.3) is 0 Å². The van der Waals surface area contributed by atoms with Crippen LogP contribution in [0.1, 0.15) is 25.3 Å². The van der Waals surface area contributed by atoms with Crippen LogP contribution in [-0.2, 0) is 0 Å². The Kier molecular flexibility index (Phi) is 3.17. The Morgan fingerprint density at radius 1 is 1.33 bits per heavy atom. The molecule has 12 heavy (non-hydrogen) atoms. The maximum absolute atomic E-state index is 5.65. The van der Waals surface area contributed by atoms with Gasteiger partial charge in [0.2, 0.25) is 0 Å². The van der Waals surface area contributed by atoms with E-state index in [0.717, 1.165) is 5.56 Å². The lowest BCUT2D eigenvalue weighted by molar-refractivity contribution is 0.503. The van der Waals surface area contributed by atoms with Gasteiger partial charge >= 0.3 is 0 Å². The zero-order chi connectivity index (χ0) is 8.97. The van der Waals surface area contributed by atoms with Gasteiger partial charge in [-0.3, -0.25) is 0 Å². The summed E-state index contributed by atoms with van der Waals surface area (Å²) in [5, 5.41) is 0. The van der Waals surface area contributed by atoms with Crippen molar-refractivity contribution in [2.24, 2.45) is 11.7 Å². The van der Waals surface area contributed by atoms with Crippen molar-refractivity contribution >= 4 is 0 Å². The van der Waals surface area contributed by atoms with E-state index in [9.17, 15) is 0 Å². The average molecular weight is 165 g/mol. The Labute approximate surface area is 73.0 Å². The molecule has 0 aliphatic heterocycles. The largest absolute Gasteiger partial charge is 0.330 e. The van der Waals surface area contributed by atoms with Crippen LogP contribution in [0.25, 0.3) is 0 Å². The van der Waals surface area contributed by atoms with Crippen molar-refractivity contribution in [1.29, 1.82) is 0 Å². The molecule has 0 saturated carbocycles. The lowest BCUT2D eigenvalue weighted by atomic mass is 9.90. The number of nitrogens with two attached hydrogens (primary N) is 1. The first kappa shape index (κ1) is 9.13. The summed E-state index contributed by atoms with van der Waals surface area (Å²) in [5.41, 5.74) is 6.78. The second-order valence-electron chi connectivity index (χ2n) is 3.26. The maximum atomic E-state index is 5.65. The van der Waals surface area contributed by atoms with Gasteiger partial charge in [-0.15, -0.1) is 0 Å². The van der Waals surface area contributed by atoms with Crippen LogP contribution < -0.4 is 5.73 Å². The molecule has 1 heterocycles.